The molecule has 0 bridgehead atoms. The molecule has 0 aliphatic carbocycles. The number of rotatable bonds is 4. The Morgan fingerprint density at radius 2 is 1.10 bits per heavy atom. The molecule has 1 heterocycles. The number of aromatic nitrogens is 1. The number of hydrogen-bond donors (Lipinski definition) is 0. The van der Waals surface area contributed by atoms with Crippen molar-refractivity contribution >= 4 is 37.7 Å². The minimum Gasteiger partial charge on any atom is -0.309 e. The third-order valence-electron chi connectivity index (χ3n) is 8.01. The van der Waals surface area contributed by atoms with Gasteiger partial charge in [-0.05, 0) is 94.8 Å². The van der Waals surface area contributed by atoms with Crippen LogP contribution in [0.3, 0.4) is 0 Å². The molecule has 192 valence electrons. The molecule has 0 radical (unpaired) electrons. The molecule has 0 amide bonds. The molecule has 0 saturated heterocycles. The van der Waals surface area contributed by atoms with Gasteiger partial charge in [0.05, 0.1) is 11.0 Å². The number of fused-ring (bicyclic) bond motifs is 3. The summed E-state index contributed by atoms with van der Waals surface area (Å²) < 4.78 is 3.54. The van der Waals surface area contributed by atoms with E-state index in [1.807, 2.05) is 0 Å². The van der Waals surface area contributed by atoms with Crippen LogP contribution in [-0.4, -0.2) is 4.57 Å². The van der Waals surface area contributed by atoms with Gasteiger partial charge < -0.3 is 4.57 Å². The van der Waals surface area contributed by atoms with Gasteiger partial charge in [0.15, 0.2) is 0 Å². The highest BCUT2D eigenvalue weighted by Crippen LogP contribution is 2.38. The quantitative estimate of drug-likeness (QED) is 0.196. The van der Waals surface area contributed by atoms with E-state index in [0.29, 0.717) is 0 Å². The van der Waals surface area contributed by atoms with E-state index >= 15 is 0 Å². The first kappa shape index (κ1) is 24.6. The lowest BCUT2D eigenvalue weighted by molar-refractivity contribution is 1.15. The van der Waals surface area contributed by atoms with E-state index in [0.717, 1.165) is 4.47 Å². The summed E-state index contributed by atoms with van der Waals surface area (Å²) in [6.45, 7) is 4.44. The van der Waals surface area contributed by atoms with E-state index in [-0.39, 0.29) is 0 Å². The maximum atomic E-state index is 3.62. The number of hydrogen-bond acceptors (Lipinski definition) is 0. The van der Waals surface area contributed by atoms with Crippen molar-refractivity contribution < 1.29 is 0 Å². The predicted octanol–water partition coefficient (Wildman–Crippen LogP) is 11.2. The van der Waals surface area contributed by atoms with Crippen LogP contribution in [0.2, 0.25) is 0 Å². The van der Waals surface area contributed by atoms with Crippen LogP contribution < -0.4 is 0 Å². The van der Waals surface area contributed by atoms with Gasteiger partial charge in [-0.15, -0.1) is 0 Å². The number of halogens is 1. The van der Waals surface area contributed by atoms with E-state index < -0.39 is 0 Å². The first-order valence-corrected chi connectivity index (χ1v) is 14.4. The lowest BCUT2D eigenvalue weighted by atomic mass is 9.95. The van der Waals surface area contributed by atoms with E-state index in [9.17, 15) is 0 Å². The highest BCUT2D eigenvalue weighted by molar-refractivity contribution is 9.10. The van der Waals surface area contributed by atoms with Crippen molar-refractivity contribution in [3.8, 4) is 39.1 Å². The minimum absolute atomic E-state index is 1.09. The largest absolute Gasteiger partial charge is 0.309 e. The summed E-state index contributed by atoms with van der Waals surface area (Å²) in [6.07, 6.45) is 0. The van der Waals surface area contributed by atoms with Crippen LogP contribution in [0, 0.1) is 13.8 Å². The molecule has 0 N–H and O–H groups in total. The summed E-state index contributed by atoms with van der Waals surface area (Å²) in [5.74, 6) is 0. The first-order chi connectivity index (χ1) is 19.6. The highest BCUT2D eigenvalue weighted by Gasteiger charge is 2.17. The third-order valence-corrected chi connectivity index (χ3v) is 8.50. The molecule has 40 heavy (non-hydrogen) atoms. The SMILES string of the molecule is Cc1ccccc1-c1cccc(-n2c3ccccc3c3ccc(-c4cccc(-c5cccc(Br)c5)c4)cc32)c1C. The maximum Gasteiger partial charge on any atom is 0.0547 e. The molecule has 1 aromatic heterocycles. The molecule has 2 heteroatoms. The van der Waals surface area contributed by atoms with Gasteiger partial charge in [-0.25, -0.2) is 0 Å². The summed E-state index contributed by atoms with van der Waals surface area (Å²) in [6, 6.07) is 48.3. The van der Waals surface area contributed by atoms with Crippen molar-refractivity contribution in [2.45, 2.75) is 13.8 Å². The van der Waals surface area contributed by atoms with Crippen molar-refractivity contribution in [3.63, 3.8) is 0 Å². The smallest absolute Gasteiger partial charge is 0.0547 e. The van der Waals surface area contributed by atoms with Gasteiger partial charge in [0, 0.05) is 20.9 Å². The zero-order chi connectivity index (χ0) is 27.2. The molecule has 0 atom stereocenters. The van der Waals surface area contributed by atoms with Crippen LogP contribution in [0.25, 0.3) is 60.9 Å². The monoisotopic (exact) mass is 577 g/mol. The Kier molecular flexibility index (Phi) is 6.14. The van der Waals surface area contributed by atoms with Crippen LogP contribution >= 0.6 is 15.9 Å². The fourth-order valence-electron chi connectivity index (χ4n) is 5.99. The van der Waals surface area contributed by atoms with E-state index in [2.05, 4.69) is 168 Å². The lowest BCUT2D eigenvalue weighted by Crippen LogP contribution is -1.99. The van der Waals surface area contributed by atoms with Gasteiger partial charge in [-0.2, -0.15) is 0 Å². The number of nitrogens with zero attached hydrogens (tertiary/aromatic N) is 1. The van der Waals surface area contributed by atoms with Gasteiger partial charge in [0.25, 0.3) is 0 Å². The number of aryl methyl sites for hydroxylation is 1. The second-order valence-electron chi connectivity index (χ2n) is 10.4. The standard InChI is InChI=1S/C38H28BrN/c1-25-10-3-4-15-32(25)33-17-9-19-36(26(33)2)40-37-18-6-5-16-34(37)35-21-20-30(24-38(35)40)28-12-7-11-27(22-28)29-13-8-14-31(39)23-29/h3-24H,1-2H3. The molecule has 0 spiro atoms. The summed E-state index contributed by atoms with van der Waals surface area (Å²) in [5, 5.41) is 2.54. The Balaban J connectivity index is 1.45. The average Bonchev–Trinajstić information content (AvgIpc) is 3.31. The van der Waals surface area contributed by atoms with E-state index in [1.54, 1.807) is 0 Å². The van der Waals surface area contributed by atoms with Crippen molar-refractivity contribution in [1.29, 1.82) is 0 Å². The van der Waals surface area contributed by atoms with Crippen LogP contribution in [-0.2, 0) is 0 Å². The molecule has 0 saturated carbocycles. The molecule has 0 unspecified atom stereocenters. The maximum absolute atomic E-state index is 3.62. The fourth-order valence-corrected chi connectivity index (χ4v) is 6.39. The predicted molar refractivity (Wildman–Crippen MR) is 174 cm³/mol. The Hall–Kier alpha value is -4.40. The van der Waals surface area contributed by atoms with Crippen LogP contribution in [0.1, 0.15) is 11.1 Å². The second kappa shape index (κ2) is 9.97. The summed E-state index contributed by atoms with van der Waals surface area (Å²) >= 11 is 3.62. The van der Waals surface area contributed by atoms with Crippen molar-refractivity contribution in [2.24, 2.45) is 0 Å². The zero-order valence-electron chi connectivity index (χ0n) is 22.5. The Labute approximate surface area is 243 Å². The Morgan fingerprint density at radius 3 is 1.90 bits per heavy atom. The Bertz CT molecular complexity index is 2050. The van der Waals surface area contributed by atoms with Gasteiger partial charge in [0.2, 0.25) is 0 Å². The third kappa shape index (κ3) is 4.16. The van der Waals surface area contributed by atoms with Crippen LogP contribution in [0.5, 0.6) is 0 Å². The lowest BCUT2D eigenvalue weighted by Gasteiger charge is -2.16. The van der Waals surface area contributed by atoms with Crippen molar-refractivity contribution in [1.82, 2.24) is 4.57 Å². The van der Waals surface area contributed by atoms with Gasteiger partial charge in [-0.1, -0.05) is 113 Å². The molecule has 1 nitrogen and oxygen atoms in total. The first-order valence-electron chi connectivity index (χ1n) is 13.6. The Morgan fingerprint density at radius 1 is 0.475 bits per heavy atom. The average molecular weight is 579 g/mol. The second-order valence-corrected chi connectivity index (χ2v) is 11.4. The van der Waals surface area contributed by atoms with E-state index in [4.69, 9.17) is 0 Å². The van der Waals surface area contributed by atoms with Gasteiger partial charge in [0.1, 0.15) is 0 Å². The molecular weight excluding hydrogens is 550 g/mol. The molecule has 7 aromatic rings. The summed E-state index contributed by atoms with van der Waals surface area (Å²) in [7, 11) is 0. The van der Waals surface area contributed by atoms with Crippen LogP contribution in [0.15, 0.2) is 138 Å². The van der Waals surface area contributed by atoms with Crippen molar-refractivity contribution in [3.05, 3.63) is 149 Å². The summed E-state index contributed by atoms with van der Waals surface area (Å²) in [4.78, 5) is 0. The number of para-hydroxylation sites is 1. The normalized spacial score (nSPS) is 11.4. The summed E-state index contributed by atoms with van der Waals surface area (Å²) in [5.41, 5.74) is 13.6. The van der Waals surface area contributed by atoms with Crippen LogP contribution in [0.4, 0.5) is 0 Å². The molecule has 0 fully saturated rings. The minimum atomic E-state index is 1.09. The molecule has 6 aromatic carbocycles. The fraction of sp³-hybridized carbons (Fsp3) is 0.0526. The topological polar surface area (TPSA) is 4.93 Å². The molecule has 0 aliphatic heterocycles. The zero-order valence-corrected chi connectivity index (χ0v) is 24.1. The molecule has 0 aliphatic rings. The van der Waals surface area contributed by atoms with E-state index in [1.165, 1.54) is 72.0 Å². The van der Waals surface area contributed by atoms with Gasteiger partial charge in [-0.3, -0.25) is 0 Å². The van der Waals surface area contributed by atoms with Crippen molar-refractivity contribution in [2.75, 3.05) is 0 Å². The van der Waals surface area contributed by atoms with Gasteiger partial charge >= 0.3 is 0 Å². The number of benzene rings is 6. The molecular formula is C38H28BrN. The molecule has 7 rings (SSSR count). The highest BCUT2D eigenvalue weighted by atomic mass is 79.9.